The van der Waals surface area contributed by atoms with Crippen LogP contribution in [-0.2, 0) is 11.4 Å². The number of nitrogens with one attached hydrogen (secondary N) is 1. The number of para-hydroxylation sites is 1. The SMILES string of the molecule is CCOc1cc(/C=C2\SC(=Nc3ccccc3F)NC2=O)ccc1OCc1ccc(Cl)cc1. The second-order valence-corrected chi connectivity index (χ2v) is 8.45. The summed E-state index contributed by atoms with van der Waals surface area (Å²) in [5.74, 6) is 0.424. The highest BCUT2D eigenvalue weighted by Crippen LogP contribution is 2.33. The minimum Gasteiger partial charge on any atom is -0.490 e. The third-order valence-corrected chi connectivity index (χ3v) is 5.76. The molecule has 0 aromatic heterocycles. The first-order valence-electron chi connectivity index (χ1n) is 10.2. The molecule has 1 amide bonds. The molecule has 0 spiro atoms. The second kappa shape index (κ2) is 10.6. The Bertz CT molecular complexity index is 1230. The fourth-order valence-electron chi connectivity index (χ4n) is 3.03. The number of benzene rings is 3. The van der Waals surface area contributed by atoms with Crippen molar-refractivity contribution in [3.05, 3.63) is 93.6 Å². The summed E-state index contributed by atoms with van der Waals surface area (Å²) in [6.07, 6.45) is 1.73. The summed E-state index contributed by atoms with van der Waals surface area (Å²) >= 11 is 7.08. The second-order valence-electron chi connectivity index (χ2n) is 6.99. The number of rotatable bonds is 7. The molecule has 0 saturated carbocycles. The Balaban J connectivity index is 1.51. The molecule has 3 aromatic rings. The van der Waals surface area contributed by atoms with Crippen molar-refractivity contribution >= 4 is 46.2 Å². The number of amidine groups is 1. The van der Waals surface area contributed by atoms with Gasteiger partial charge in [-0.25, -0.2) is 9.38 Å². The molecular formula is C25H20ClFN2O3S. The van der Waals surface area contributed by atoms with Crippen molar-refractivity contribution in [1.82, 2.24) is 5.32 Å². The van der Waals surface area contributed by atoms with Crippen molar-refractivity contribution in [2.75, 3.05) is 6.61 Å². The van der Waals surface area contributed by atoms with Gasteiger partial charge < -0.3 is 14.8 Å². The minimum atomic E-state index is -0.451. The maximum Gasteiger partial charge on any atom is 0.264 e. The van der Waals surface area contributed by atoms with E-state index in [9.17, 15) is 9.18 Å². The average Bonchev–Trinajstić information content (AvgIpc) is 3.14. The molecule has 8 heteroatoms. The zero-order valence-corrected chi connectivity index (χ0v) is 19.3. The average molecular weight is 483 g/mol. The zero-order valence-electron chi connectivity index (χ0n) is 17.7. The Morgan fingerprint density at radius 2 is 1.85 bits per heavy atom. The summed E-state index contributed by atoms with van der Waals surface area (Å²) < 4.78 is 25.5. The summed E-state index contributed by atoms with van der Waals surface area (Å²) in [6.45, 7) is 2.72. The highest BCUT2D eigenvalue weighted by molar-refractivity contribution is 8.18. The summed E-state index contributed by atoms with van der Waals surface area (Å²) in [5, 5.41) is 3.66. The van der Waals surface area contributed by atoms with Gasteiger partial charge >= 0.3 is 0 Å². The summed E-state index contributed by atoms with van der Waals surface area (Å²) in [6, 6.07) is 19.0. The van der Waals surface area contributed by atoms with Crippen LogP contribution in [0.5, 0.6) is 11.5 Å². The van der Waals surface area contributed by atoms with Crippen molar-refractivity contribution < 1.29 is 18.7 Å². The van der Waals surface area contributed by atoms with Crippen LogP contribution in [0.3, 0.4) is 0 Å². The highest BCUT2D eigenvalue weighted by Gasteiger charge is 2.24. The number of halogens is 2. The van der Waals surface area contributed by atoms with Gasteiger partial charge in [0.1, 0.15) is 18.1 Å². The molecule has 0 unspecified atom stereocenters. The van der Waals surface area contributed by atoms with Crippen molar-refractivity contribution in [2.24, 2.45) is 4.99 Å². The predicted octanol–water partition coefficient (Wildman–Crippen LogP) is 6.35. The quantitative estimate of drug-likeness (QED) is 0.399. The lowest BCUT2D eigenvalue weighted by Gasteiger charge is -2.13. The van der Waals surface area contributed by atoms with Gasteiger partial charge in [-0.05, 0) is 72.3 Å². The molecule has 0 atom stereocenters. The largest absolute Gasteiger partial charge is 0.490 e. The first-order chi connectivity index (χ1) is 16.0. The van der Waals surface area contributed by atoms with E-state index in [0.29, 0.717) is 39.8 Å². The van der Waals surface area contributed by atoms with E-state index in [0.717, 1.165) is 22.9 Å². The molecule has 1 N–H and O–H groups in total. The third-order valence-electron chi connectivity index (χ3n) is 4.60. The Morgan fingerprint density at radius 1 is 1.06 bits per heavy atom. The number of ether oxygens (including phenoxy) is 2. The molecule has 1 aliphatic heterocycles. The van der Waals surface area contributed by atoms with E-state index in [1.54, 1.807) is 30.3 Å². The number of carbonyl (C=O) groups is 1. The lowest BCUT2D eigenvalue weighted by atomic mass is 10.2. The van der Waals surface area contributed by atoms with Crippen LogP contribution in [-0.4, -0.2) is 17.7 Å². The number of amides is 1. The molecule has 33 heavy (non-hydrogen) atoms. The Labute approximate surface area is 200 Å². The number of carbonyl (C=O) groups excluding carboxylic acids is 1. The van der Waals surface area contributed by atoms with Gasteiger partial charge in [0.25, 0.3) is 5.91 Å². The van der Waals surface area contributed by atoms with Gasteiger partial charge in [-0.15, -0.1) is 0 Å². The molecule has 0 aliphatic carbocycles. The van der Waals surface area contributed by atoms with E-state index in [1.165, 1.54) is 6.07 Å². The fraction of sp³-hybridized carbons (Fsp3) is 0.120. The van der Waals surface area contributed by atoms with Gasteiger partial charge in [0.2, 0.25) is 0 Å². The predicted molar refractivity (Wildman–Crippen MR) is 131 cm³/mol. The summed E-state index contributed by atoms with van der Waals surface area (Å²) in [7, 11) is 0. The Hall–Kier alpha value is -3.29. The lowest BCUT2D eigenvalue weighted by molar-refractivity contribution is -0.115. The smallest absolute Gasteiger partial charge is 0.264 e. The van der Waals surface area contributed by atoms with Crippen molar-refractivity contribution in [3.63, 3.8) is 0 Å². The van der Waals surface area contributed by atoms with Crippen LogP contribution < -0.4 is 14.8 Å². The topological polar surface area (TPSA) is 59.9 Å². The molecule has 1 aliphatic rings. The number of aliphatic imine (C=N–C) groups is 1. The van der Waals surface area contributed by atoms with Gasteiger partial charge in [0.15, 0.2) is 16.7 Å². The van der Waals surface area contributed by atoms with E-state index in [2.05, 4.69) is 10.3 Å². The van der Waals surface area contributed by atoms with Crippen molar-refractivity contribution in [1.29, 1.82) is 0 Å². The first kappa shape index (κ1) is 22.9. The molecular weight excluding hydrogens is 463 g/mol. The monoisotopic (exact) mass is 482 g/mol. The highest BCUT2D eigenvalue weighted by atomic mass is 35.5. The van der Waals surface area contributed by atoms with E-state index < -0.39 is 5.82 Å². The third kappa shape index (κ3) is 5.94. The zero-order chi connectivity index (χ0) is 23.2. The van der Waals surface area contributed by atoms with Gasteiger partial charge in [0.05, 0.1) is 11.5 Å². The summed E-state index contributed by atoms with van der Waals surface area (Å²) in [4.78, 5) is 17.0. The molecule has 4 rings (SSSR count). The Kier molecular flexibility index (Phi) is 7.32. The fourth-order valence-corrected chi connectivity index (χ4v) is 3.99. The van der Waals surface area contributed by atoms with Gasteiger partial charge in [-0.1, -0.05) is 41.9 Å². The summed E-state index contributed by atoms with van der Waals surface area (Å²) in [5.41, 5.74) is 1.91. The van der Waals surface area contributed by atoms with E-state index >= 15 is 0 Å². The molecule has 0 bridgehead atoms. The molecule has 3 aromatic carbocycles. The van der Waals surface area contributed by atoms with E-state index in [4.69, 9.17) is 21.1 Å². The number of thioether (sulfide) groups is 1. The standard InChI is InChI=1S/C25H20ClFN2O3S/c1-2-31-22-13-17(9-12-21(22)32-15-16-7-10-18(26)11-8-16)14-23-24(30)29-25(33-23)28-20-6-4-3-5-19(20)27/h3-14H,2,15H2,1H3,(H,28,29,30)/b23-14-. The Morgan fingerprint density at radius 3 is 2.61 bits per heavy atom. The van der Waals surface area contributed by atoms with Crippen molar-refractivity contribution in [3.8, 4) is 11.5 Å². The first-order valence-corrected chi connectivity index (χ1v) is 11.4. The van der Waals surface area contributed by atoms with Crippen LogP contribution in [0, 0.1) is 5.82 Å². The number of nitrogens with zero attached hydrogens (tertiary/aromatic N) is 1. The van der Waals surface area contributed by atoms with E-state index in [-0.39, 0.29) is 11.6 Å². The van der Waals surface area contributed by atoms with E-state index in [1.807, 2.05) is 43.3 Å². The van der Waals surface area contributed by atoms with Crippen LogP contribution in [0.15, 0.2) is 76.6 Å². The number of hydrogen-bond donors (Lipinski definition) is 1. The van der Waals surface area contributed by atoms with Crippen LogP contribution in [0.25, 0.3) is 6.08 Å². The minimum absolute atomic E-state index is 0.169. The molecule has 5 nitrogen and oxygen atoms in total. The molecule has 1 heterocycles. The van der Waals surface area contributed by atoms with Gasteiger partial charge in [-0.2, -0.15) is 0 Å². The van der Waals surface area contributed by atoms with Crippen LogP contribution in [0.2, 0.25) is 5.02 Å². The number of hydrogen-bond acceptors (Lipinski definition) is 5. The van der Waals surface area contributed by atoms with Crippen molar-refractivity contribution in [2.45, 2.75) is 13.5 Å². The molecule has 1 saturated heterocycles. The van der Waals surface area contributed by atoms with Gasteiger partial charge in [-0.3, -0.25) is 4.79 Å². The maximum absolute atomic E-state index is 13.9. The molecule has 1 fully saturated rings. The molecule has 0 radical (unpaired) electrons. The normalized spacial score (nSPS) is 15.7. The maximum atomic E-state index is 13.9. The van der Waals surface area contributed by atoms with Crippen LogP contribution >= 0.6 is 23.4 Å². The lowest BCUT2D eigenvalue weighted by Crippen LogP contribution is -2.19. The van der Waals surface area contributed by atoms with Crippen LogP contribution in [0.4, 0.5) is 10.1 Å². The van der Waals surface area contributed by atoms with Gasteiger partial charge in [0, 0.05) is 5.02 Å². The molecule has 168 valence electrons. The van der Waals surface area contributed by atoms with Crippen LogP contribution in [0.1, 0.15) is 18.1 Å².